The molecule has 0 spiro atoms. The number of hydrogen-bond acceptors (Lipinski definition) is 6. The fourth-order valence-electron chi connectivity index (χ4n) is 2.81. The van der Waals surface area contributed by atoms with Gasteiger partial charge in [-0.1, -0.05) is 36.9 Å². The quantitative estimate of drug-likeness (QED) is 0.227. The zero-order chi connectivity index (χ0) is 24.1. The number of nitrogens with one attached hydrogen (secondary N) is 5. The number of carbonyl (C=O) groups is 4. The lowest BCUT2D eigenvalue weighted by Crippen LogP contribution is -2.55. The van der Waals surface area contributed by atoms with E-state index in [1.165, 1.54) is 13.8 Å². The van der Waals surface area contributed by atoms with Crippen molar-refractivity contribution in [1.29, 1.82) is 0 Å². The first kappa shape index (κ1) is 26.5. The van der Waals surface area contributed by atoms with Crippen LogP contribution in [0.1, 0.15) is 39.2 Å². The SMILES string of the molecule is C=C(N)NCCC[C@H](NC(=O)[C@H](C)NC(C)=O)C(=O)N[C@@H](C)C(=O)NCc1ccccc1. The third-order valence-corrected chi connectivity index (χ3v) is 4.53. The standard InChI is InChI=1S/C22H34N6O4/c1-14(20(30)25-13-18-9-6-5-7-10-18)27-22(32)19(11-8-12-24-16(3)23)28-21(31)15(2)26-17(4)29/h5-7,9-10,14-15,19,24H,3,8,11-13,23H2,1-2,4H3,(H,25,30)(H,26,29)(H,27,32)(H,28,31)/t14-,15-,19-/m0/s1. The van der Waals surface area contributed by atoms with Crippen LogP contribution in [0.3, 0.4) is 0 Å². The van der Waals surface area contributed by atoms with Crippen molar-refractivity contribution in [1.82, 2.24) is 26.6 Å². The summed E-state index contributed by atoms with van der Waals surface area (Å²) in [5.74, 6) is -1.40. The molecule has 0 aliphatic carbocycles. The molecule has 32 heavy (non-hydrogen) atoms. The maximum Gasteiger partial charge on any atom is 0.243 e. The molecule has 10 heteroatoms. The van der Waals surface area contributed by atoms with Crippen molar-refractivity contribution in [2.75, 3.05) is 6.54 Å². The Hall–Kier alpha value is -3.56. The summed E-state index contributed by atoms with van der Waals surface area (Å²) in [6.45, 7) is 8.72. The maximum absolute atomic E-state index is 12.8. The van der Waals surface area contributed by atoms with Crippen LogP contribution in [-0.4, -0.2) is 48.3 Å². The van der Waals surface area contributed by atoms with Crippen LogP contribution < -0.4 is 32.3 Å². The van der Waals surface area contributed by atoms with Crippen molar-refractivity contribution in [3.63, 3.8) is 0 Å². The van der Waals surface area contributed by atoms with Gasteiger partial charge in [-0.25, -0.2) is 0 Å². The van der Waals surface area contributed by atoms with Crippen molar-refractivity contribution < 1.29 is 19.2 Å². The summed E-state index contributed by atoms with van der Waals surface area (Å²) in [5, 5.41) is 13.4. The summed E-state index contributed by atoms with van der Waals surface area (Å²) in [6, 6.07) is 6.89. The Kier molecular flexibility index (Phi) is 11.3. The minimum atomic E-state index is -0.893. The molecule has 1 aromatic rings. The van der Waals surface area contributed by atoms with Gasteiger partial charge >= 0.3 is 0 Å². The molecular formula is C22H34N6O4. The van der Waals surface area contributed by atoms with Crippen LogP contribution >= 0.6 is 0 Å². The monoisotopic (exact) mass is 446 g/mol. The van der Waals surface area contributed by atoms with Crippen LogP contribution in [0.5, 0.6) is 0 Å². The van der Waals surface area contributed by atoms with Gasteiger partial charge in [-0.15, -0.1) is 0 Å². The van der Waals surface area contributed by atoms with Crippen LogP contribution in [0.25, 0.3) is 0 Å². The molecule has 0 aliphatic rings. The second kappa shape index (κ2) is 13.7. The van der Waals surface area contributed by atoms with E-state index >= 15 is 0 Å². The van der Waals surface area contributed by atoms with E-state index in [0.717, 1.165) is 5.56 Å². The molecule has 176 valence electrons. The molecule has 10 nitrogen and oxygen atoms in total. The number of carbonyl (C=O) groups excluding carboxylic acids is 4. The Morgan fingerprint density at radius 2 is 1.53 bits per heavy atom. The summed E-state index contributed by atoms with van der Waals surface area (Å²) in [6.07, 6.45) is 0.806. The molecule has 0 unspecified atom stereocenters. The van der Waals surface area contributed by atoms with Gasteiger partial charge in [0.1, 0.15) is 18.1 Å². The van der Waals surface area contributed by atoms with E-state index < -0.39 is 29.9 Å². The van der Waals surface area contributed by atoms with Gasteiger partial charge in [-0.3, -0.25) is 19.2 Å². The van der Waals surface area contributed by atoms with Gasteiger partial charge in [-0.05, 0) is 32.3 Å². The first-order chi connectivity index (χ1) is 15.1. The normalized spacial score (nSPS) is 13.1. The average Bonchev–Trinajstić information content (AvgIpc) is 2.73. The van der Waals surface area contributed by atoms with Gasteiger partial charge in [0.25, 0.3) is 0 Å². The van der Waals surface area contributed by atoms with Gasteiger partial charge in [0.05, 0.1) is 5.82 Å². The van der Waals surface area contributed by atoms with E-state index in [1.807, 2.05) is 30.3 Å². The average molecular weight is 447 g/mol. The number of nitrogens with two attached hydrogens (primary N) is 1. The van der Waals surface area contributed by atoms with Crippen molar-refractivity contribution in [2.24, 2.45) is 5.73 Å². The number of hydrogen-bond donors (Lipinski definition) is 6. The fourth-order valence-corrected chi connectivity index (χ4v) is 2.81. The Labute approximate surface area is 188 Å². The Morgan fingerprint density at radius 3 is 2.12 bits per heavy atom. The first-order valence-corrected chi connectivity index (χ1v) is 10.5. The highest BCUT2D eigenvalue weighted by atomic mass is 16.2. The van der Waals surface area contributed by atoms with E-state index in [0.29, 0.717) is 31.8 Å². The Morgan fingerprint density at radius 1 is 0.906 bits per heavy atom. The molecule has 0 bridgehead atoms. The largest absolute Gasteiger partial charge is 0.386 e. The predicted molar refractivity (Wildman–Crippen MR) is 122 cm³/mol. The summed E-state index contributed by atoms with van der Waals surface area (Å²) < 4.78 is 0. The van der Waals surface area contributed by atoms with E-state index in [2.05, 4.69) is 33.2 Å². The molecule has 7 N–H and O–H groups in total. The van der Waals surface area contributed by atoms with Gasteiger partial charge in [-0.2, -0.15) is 0 Å². The van der Waals surface area contributed by atoms with E-state index in [4.69, 9.17) is 5.73 Å². The summed E-state index contributed by atoms with van der Waals surface area (Å²) in [4.78, 5) is 48.7. The van der Waals surface area contributed by atoms with Crippen molar-refractivity contribution in [3.05, 3.63) is 48.3 Å². The van der Waals surface area contributed by atoms with Crippen molar-refractivity contribution in [3.8, 4) is 0 Å². The zero-order valence-electron chi connectivity index (χ0n) is 18.9. The summed E-state index contributed by atoms with van der Waals surface area (Å²) in [7, 11) is 0. The summed E-state index contributed by atoms with van der Waals surface area (Å²) >= 11 is 0. The topological polar surface area (TPSA) is 154 Å². The molecule has 0 fully saturated rings. The van der Waals surface area contributed by atoms with Crippen LogP contribution in [0.2, 0.25) is 0 Å². The molecule has 0 aliphatic heterocycles. The highest BCUT2D eigenvalue weighted by Gasteiger charge is 2.26. The van der Waals surface area contributed by atoms with Gasteiger partial charge in [0, 0.05) is 20.0 Å². The molecule has 3 atom stereocenters. The molecule has 0 aromatic heterocycles. The lowest BCUT2D eigenvalue weighted by molar-refractivity contribution is -0.133. The third kappa shape index (κ3) is 10.5. The highest BCUT2D eigenvalue weighted by Crippen LogP contribution is 2.01. The maximum atomic E-state index is 12.8. The second-order valence-electron chi connectivity index (χ2n) is 7.51. The summed E-state index contributed by atoms with van der Waals surface area (Å²) in [5.41, 5.74) is 6.40. The van der Waals surface area contributed by atoms with E-state index in [-0.39, 0.29) is 11.8 Å². The lowest BCUT2D eigenvalue weighted by atomic mass is 10.1. The predicted octanol–water partition coefficient (Wildman–Crippen LogP) is -0.383. The Bertz CT molecular complexity index is 799. The first-order valence-electron chi connectivity index (χ1n) is 10.5. The molecule has 0 saturated carbocycles. The number of benzene rings is 1. The second-order valence-corrected chi connectivity index (χ2v) is 7.51. The van der Waals surface area contributed by atoms with Gasteiger partial charge < -0.3 is 32.3 Å². The Balaban J connectivity index is 2.68. The van der Waals surface area contributed by atoms with E-state index in [1.54, 1.807) is 6.92 Å². The number of amides is 4. The number of rotatable bonds is 13. The molecule has 0 heterocycles. The van der Waals surface area contributed by atoms with Crippen LogP contribution in [0.4, 0.5) is 0 Å². The molecule has 0 saturated heterocycles. The lowest BCUT2D eigenvalue weighted by Gasteiger charge is -2.23. The van der Waals surface area contributed by atoms with E-state index in [9.17, 15) is 19.2 Å². The molecule has 1 rings (SSSR count). The van der Waals surface area contributed by atoms with Gasteiger partial charge in [0.15, 0.2) is 0 Å². The van der Waals surface area contributed by atoms with Crippen molar-refractivity contribution in [2.45, 2.75) is 58.3 Å². The molecule has 1 aromatic carbocycles. The minimum Gasteiger partial charge on any atom is -0.386 e. The molecule has 4 amide bonds. The van der Waals surface area contributed by atoms with Crippen LogP contribution in [0, 0.1) is 0 Å². The highest BCUT2D eigenvalue weighted by molar-refractivity contribution is 5.93. The van der Waals surface area contributed by atoms with Crippen molar-refractivity contribution >= 4 is 23.6 Å². The molecular weight excluding hydrogens is 412 g/mol. The fraction of sp³-hybridized carbons (Fsp3) is 0.455. The zero-order valence-corrected chi connectivity index (χ0v) is 18.9. The van der Waals surface area contributed by atoms with Crippen LogP contribution in [-0.2, 0) is 25.7 Å². The van der Waals surface area contributed by atoms with Gasteiger partial charge in [0.2, 0.25) is 23.6 Å². The minimum absolute atomic E-state index is 0.295. The third-order valence-electron chi connectivity index (χ3n) is 4.53. The smallest absolute Gasteiger partial charge is 0.243 e. The van der Waals surface area contributed by atoms with Crippen LogP contribution in [0.15, 0.2) is 42.7 Å². The molecule has 0 radical (unpaired) electrons.